The number of halogens is 1. The third kappa shape index (κ3) is 6.89. The van der Waals surface area contributed by atoms with E-state index in [0.717, 1.165) is 11.9 Å². The fourth-order valence-electron chi connectivity index (χ4n) is 3.19. The summed E-state index contributed by atoms with van der Waals surface area (Å²) in [6, 6.07) is 7.07. The van der Waals surface area contributed by atoms with Crippen LogP contribution in [0.15, 0.2) is 47.6 Å². The number of aromatic nitrogens is 2. The van der Waals surface area contributed by atoms with Gasteiger partial charge in [0.2, 0.25) is 5.91 Å². The number of rotatable bonds is 10. The molecule has 0 fully saturated rings. The second-order valence-corrected chi connectivity index (χ2v) is 7.25. The summed E-state index contributed by atoms with van der Waals surface area (Å²) in [6.07, 6.45) is 5.08. The molecule has 1 heterocycles. The number of nitrogens with one attached hydrogen (secondary N) is 4. The quantitative estimate of drug-likeness (QED) is 0.320. The average Bonchev–Trinajstić information content (AvgIpc) is 2.81. The fourth-order valence-corrected chi connectivity index (χ4v) is 3.19. The van der Waals surface area contributed by atoms with Gasteiger partial charge in [0.05, 0.1) is 30.8 Å². The third-order valence-corrected chi connectivity index (χ3v) is 4.76. The molecule has 0 saturated heterocycles. The minimum absolute atomic E-state index is 0.0144. The Bertz CT molecular complexity index is 1060. The summed E-state index contributed by atoms with van der Waals surface area (Å²) in [4.78, 5) is 24.3. The van der Waals surface area contributed by atoms with Crippen molar-refractivity contribution in [3.8, 4) is 0 Å². The lowest BCUT2D eigenvalue weighted by molar-refractivity contribution is -0.121. The molecule has 2 aromatic rings. The molecule has 1 aliphatic carbocycles. The number of aliphatic hydroxyl groups is 2. The Kier molecular flexibility index (Phi) is 8.56. The highest BCUT2D eigenvalue weighted by molar-refractivity contribution is 6.47. The van der Waals surface area contributed by atoms with Crippen molar-refractivity contribution in [2.75, 3.05) is 36.9 Å². The van der Waals surface area contributed by atoms with Gasteiger partial charge in [0.25, 0.3) is 5.95 Å². The molecular formula is C22H26FN7O3. The molecular weight excluding hydrogens is 429 g/mol. The molecule has 1 aliphatic rings. The minimum Gasteiger partial charge on any atom is -0.395 e. The molecule has 0 saturated carbocycles. The van der Waals surface area contributed by atoms with Gasteiger partial charge in [-0.1, -0.05) is 12.1 Å². The molecule has 6 N–H and O–H groups in total. The number of aliphatic imine (C=N–C) groups is 1. The van der Waals surface area contributed by atoms with E-state index in [1.807, 2.05) is 12.1 Å². The molecule has 0 spiro atoms. The summed E-state index contributed by atoms with van der Waals surface area (Å²) < 4.78 is 14.3. The molecule has 1 amide bonds. The van der Waals surface area contributed by atoms with Crippen LogP contribution in [0.1, 0.15) is 12.8 Å². The number of benzene rings is 1. The first-order valence-corrected chi connectivity index (χ1v) is 10.5. The number of nitrogens with zero attached hydrogens (tertiary/aromatic N) is 3. The predicted molar refractivity (Wildman–Crippen MR) is 124 cm³/mol. The van der Waals surface area contributed by atoms with Gasteiger partial charge in [-0.05, 0) is 30.7 Å². The number of aliphatic hydroxyl groups excluding tert-OH is 2. The fraction of sp³-hybridized carbons (Fsp3) is 0.318. The Hall–Kier alpha value is -3.70. The van der Waals surface area contributed by atoms with E-state index in [4.69, 9.17) is 15.6 Å². The van der Waals surface area contributed by atoms with Gasteiger partial charge in [0.15, 0.2) is 11.6 Å². The van der Waals surface area contributed by atoms with Crippen LogP contribution in [0.25, 0.3) is 0 Å². The van der Waals surface area contributed by atoms with Crippen LogP contribution >= 0.6 is 0 Å². The molecule has 1 aromatic heterocycles. The summed E-state index contributed by atoms with van der Waals surface area (Å²) in [5.74, 6) is -1.38. The van der Waals surface area contributed by atoms with Crippen molar-refractivity contribution >= 4 is 40.5 Å². The van der Waals surface area contributed by atoms with Gasteiger partial charge in [0, 0.05) is 36.8 Å². The molecule has 0 radical (unpaired) electrons. The Balaban J connectivity index is 1.74. The molecule has 3 rings (SSSR count). The van der Waals surface area contributed by atoms with Gasteiger partial charge in [0.1, 0.15) is 0 Å². The van der Waals surface area contributed by atoms with Gasteiger partial charge < -0.3 is 31.6 Å². The van der Waals surface area contributed by atoms with Gasteiger partial charge in [-0.25, -0.2) is 14.4 Å². The van der Waals surface area contributed by atoms with Crippen LogP contribution in [0.2, 0.25) is 0 Å². The number of allylic oxidation sites excluding steroid dienone is 2. The van der Waals surface area contributed by atoms with Crippen LogP contribution in [0.5, 0.6) is 0 Å². The number of amides is 1. The Morgan fingerprint density at radius 1 is 1.24 bits per heavy atom. The number of anilines is 3. The molecule has 33 heavy (non-hydrogen) atoms. The molecule has 1 atom stereocenters. The number of hydrogen-bond acceptors (Lipinski definition) is 9. The smallest absolute Gasteiger partial charge is 0.252 e. The molecule has 10 nitrogen and oxygen atoms in total. The van der Waals surface area contributed by atoms with E-state index >= 15 is 0 Å². The van der Waals surface area contributed by atoms with Crippen LogP contribution in [0.3, 0.4) is 0 Å². The molecule has 11 heteroatoms. The summed E-state index contributed by atoms with van der Waals surface area (Å²) in [6.45, 7) is 0.382. The molecule has 0 bridgehead atoms. The van der Waals surface area contributed by atoms with Gasteiger partial charge in [-0.3, -0.25) is 4.79 Å². The van der Waals surface area contributed by atoms with Gasteiger partial charge >= 0.3 is 0 Å². The van der Waals surface area contributed by atoms with E-state index in [-0.39, 0.29) is 55.5 Å². The zero-order chi connectivity index (χ0) is 23.6. The Labute approximate surface area is 190 Å². The van der Waals surface area contributed by atoms with Crippen molar-refractivity contribution in [3.05, 3.63) is 48.4 Å². The summed E-state index contributed by atoms with van der Waals surface area (Å²) >= 11 is 0. The van der Waals surface area contributed by atoms with Gasteiger partial charge in [-0.15, -0.1) is 0 Å². The highest BCUT2D eigenvalue weighted by atomic mass is 19.1. The predicted octanol–water partition coefficient (Wildman–Crippen LogP) is 1.93. The van der Waals surface area contributed by atoms with E-state index in [9.17, 15) is 9.18 Å². The SMILES string of the molecule is N=C1C(=Nc2ncc(F)c(Nc3cccc(NCCO)c3)n2)C=CCC1CC(=O)NCCO. The van der Waals surface area contributed by atoms with Gasteiger partial charge in [-0.2, -0.15) is 4.98 Å². The minimum atomic E-state index is -0.666. The van der Waals surface area contributed by atoms with Crippen molar-refractivity contribution in [1.29, 1.82) is 5.41 Å². The zero-order valence-corrected chi connectivity index (χ0v) is 17.9. The first-order chi connectivity index (χ1) is 16.0. The van der Waals surface area contributed by atoms with Crippen molar-refractivity contribution in [2.45, 2.75) is 12.8 Å². The Morgan fingerprint density at radius 2 is 2.03 bits per heavy atom. The first kappa shape index (κ1) is 24.0. The highest BCUT2D eigenvalue weighted by Gasteiger charge is 2.24. The summed E-state index contributed by atoms with van der Waals surface area (Å²) in [7, 11) is 0. The third-order valence-electron chi connectivity index (χ3n) is 4.76. The van der Waals surface area contributed by atoms with Crippen molar-refractivity contribution in [1.82, 2.24) is 15.3 Å². The normalized spacial score (nSPS) is 16.6. The highest BCUT2D eigenvalue weighted by Crippen LogP contribution is 2.23. The second kappa shape index (κ2) is 11.8. The number of carbonyl (C=O) groups is 1. The van der Waals surface area contributed by atoms with Crippen molar-refractivity contribution in [2.24, 2.45) is 10.9 Å². The van der Waals surface area contributed by atoms with Crippen molar-refractivity contribution in [3.63, 3.8) is 0 Å². The molecule has 1 unspecified atom stereocenters. The maximum absolute atomic E-state index is 14.3. The van der Waals surface area contributed by atoms with E-state index in [1.54, 1.807) is 24.3 Å². The number of carbonyl (C=O) groups excluding carboxylic acids is 1. The summed E-state index contributed by atoms with van der Waals surface area (Å²) in [5, 5.41) is 34.6. The molecule has 174 valence electrons. The lowest BCUT2D eigenvalue weighted by atomic mass is 9.88. The van der Waals surface area contributed by atoms with Crippen LogP contribution in [-0.4, -0.2) is 63.8 Å². The lowest BCUT2D eigenvalue weighted by Crippen LogP contribution is -2.33. The summed E-state index contributed by atoms with van der Waals surface area (Å²) in [5.41, 5.74) is 1.79. The van der Waals surface area contributed by atoms with Crippen LogP contribution in [0, 0.1) is 17.1 Å². The number of hydrogen-bond donors (Lipinski definition) is 6. The maximum atomic E-state index is 14.3. The second-order valence-electron chi connectivity index (χ2n) is 7.25. The maximum Gasteiger partial charge on any atom is 0.252 e. The lowest BCUT2D eigenvalue weighted by Gasteiger charge is -2.20. The van der Waals surface area contributed by atoms with Crippen LogP contribution < -0.4 is 16.0 Å². The largest absolute Gasteiger partial charge is 0.395 e. The standard InChI is InChI=1S/C22H26FN7O3/c23-17-13-27-22(30-21(17)28-16-5-2-4-15(12-16)25-7-9-31)29-18-6-1-3-14(20(18)24)11-19(33)26-8-10-32/h1-2,4-6,12-14,24-25,31-32H,3,7-11H2,(H,26,33)(H,27,28,30). The molecule has 1 aromatic carbocycles. The monoisotopic (exact) mass is 455 g/mol. The Morgan fingerprint density at radius 3 is 2.82 bits per heavy atom. The van der Waals surface area contributed by atoms with Crippen LogP contribution in [-0.2, 0) is 4.79 Å². The van der Waals surface area contributed by atoms with E-state index in [1.165, 1.54) is 0 Å². The molecule has 0 aliphatic heterocycles. The van der Waals surface area contributed by atoms with E-state index in [2.05, 4.69) is 30.9 Å². The van der Waals surface area contributed by atoms with E-state index < -0.39 is 5.82 Å². The average molecular weight is 455 g/mol. The van der Waals surface area contributed by atoms with Crippen LogP contribution in [0.4, 0.5) is 27.5 Å². The zero-order valence-electron chi connectivity index (χ0n) is 17.9. The topological polar surface area (TPSA) is 156 Å². The first-order valence-electron chi connectivity index (χ1n) is 10.5. The van der Waals surface area contributed by atoms with Crippen molar-refractivity contribution < 1.29 is 19.4 Å². The van der Waals surface area contributed by atoms with E-state index in [0.29, 0.717) is 24.4 Å².